The largest absolute Gasteiger partial charge is 0.387 e. The van der Waals surface area contributed by atoms with Gasteiger partial charge in [0.05, 0.1) is 16.8 Å². The molecule has 0 saturated carbocycles. The summed E-state index contributed by atoms with van der Waals surface area (Å²) in [7, 11) is 3.80. The van der Waals surface area contributed by atoms with Crippen LogP contribution in [0.15, 0.2) is 24.3 Å². The first kappa shape index (κ1) is 15.2. The van der Waals surface area contributed by atoms with Crippen LogP contribution in [0.5, 0.6) is 0 Å². The van der Waals surface area contributed by atoms with Gasteiger partial charge in [-0.3, -0.25) is 0 Å². The Bertz CT molecular complexity index is 675. The van der Waals surface area contributed by atoms with Gasteiger partial charge in [0.2, 0.25) is 0 Å². The minimum absolute atomic E-state index is 0.231. The zero-order valence-corrected chi connectivity index (χ0v) is 12.5. The van der Waals surface area contributed by atoms with Crippen LogP contribution in [0.1, 0.15) is 12.6 Å². The Balaban J connectivity index is 2.31. The van der Waals surface area contributed by atoms with Crippen LogP contribution in [0, 0.1) is 11.3 Å². The van der Waals surface area contributed by atoms with Crippen LogP contribution in [0.2, 0.25) is 0 Å². The Morgan fingerprint density at radius 2 is 2.05 bits per heavy atom. The summed E-state index contributed by atoms with van der Waals surface area (Å²) in [6.45, 7) is 2.58. The molecule has 1 heterocycles. The van der Waals surface area contributed by atoms with Gasteiger partial charge in [0.25, 0.3) is 0 Å². The van der Waals surface area contributed by atoms with Gasteiger partial charge in [0.15, 0.2) is 5.69 Å². The normalized spacial score (nSPS) is 13.9. The number of fused-ring (bicyclic) bond motifs is 1. The van der Waals surface area contributed by atoms with Crippen molar-refractivity contribution in [3.8, 4) is 6.07 Å². The molecule has 1 unspecified atom stereocenters. The average Bonchev–Trinajstić information content (AvgIpc) is 2.43. The SMILES string of the molecule is CN(C)CC(C)(O)CNc1c(C#N)nnc2ccccc12. The van der Waals surface area contributed by atoms with Crippen LogP contribution < -0.4 is 5.32 Å². The molecule has 0 aliphatic carbocycles. The molecule has 0 radical (unpaired) electrons. The van der Waals surface area contributed by atoms with Gasteiger partial charge >= 0.3 is 0 Å². The second-order valence-electron chi connectivity index (χ2n) is 5.64. The number of rotatable bonds is 5. The lowest BCUT2D eigenvalue weighted by Gasteiger charge is -2.27. The average molecular weight is 285 g/mol. The number of nitrogens with zero attached hydrogens (tertiary/aromatic N) is 4. The first-order valence-electron chi connectivity index (χ1n) is 6.69. The Hall–Kier alpha value is -2.23. The summed E-state index contributed by atoms with van der Waals surface area (Å²) in [4.78, 5) is 1.91. The third-order valence-electron chi connectivity index (χ3n) is 3.08. The number of nitrogens with one attached hydrogen (secondary N) is 1. The molecular weight excluding hydrogens is 266 g/mol. The zero-order chi connectivity index (χ0) is 15.5. The quantitative estimate of drug-likeness (QED) is 0.859. The molecule has 0 spiro atoms. The van der Waals surface area contributed by atoms with Crippen molar-refractivity contribution in [1.82, 2.24) is 15.1 Å². The van der Waals surface area contributed by atoms with Crippen LogP contribution in [0.25, 0.3) is 10.9 Å². The van der Waals surface area contributed by atoms with E-state index < -0.39 is 5.60 Å². The maximum atomic E-state index is 10.4. The highest BCUT2D eigenvalue weighted by atomic mass is 16.3. The van der Waals surface area contributed by atoms with Crippen molar-refractivity contribution in [2.75, 3.05) is 32.5 Å². The number of nitriles is 1. The third-order valence-corrected chi connectivity index (χ3v) is 3.08. The lowest BCUT2D eigenvalue weighted by Crippen LogP contribution is -2.43. The fourth-order valence-corrected chi connectivity index (χ4v) is 2.33. The van der Waals surface area contributed by atoms with E-state index in [1.807, 2.05) is 49.3 Å². The maximum absolute atomic E-state index is 10.4. The molecule has 0 amide bonds. The Morgan fingerprint density at radius 1 is 1.33 bits per heavy atom. The minimum Gasteiger partial charge on any atom is -0.387 e. The zero-order valence-electron chi connectivity index (χ0n) is 12.5. The van der Waals surface area contributed by atoms with Crippen LogP contribution in [-0.4, -0.2) is 53.0 Å². The fourth-order valence-electron chi connectivity index (χ4n) is 2.33. The summed E-state index contributed by atoms with van der Waals surface area (Å²) in [6.07, 6.45) is 0. The van der Waals surface area contributed by atoms with Crippen LogP contribution in [0.4, 0.5) is 5.69 Å². The second kappa shape index (κ2) is 6.04. The molecule has 6 heteroatoms. The van der Waals surface area contributed by atoms with Gasteiger partial charge in [-0.2, -0.15) is 5.26 Å². The van der Waals surface area contributed by atoms with E-state index in [2.05, 4.69) is 15.5 Å². The van der Waals surface area contributed by atoms with Gasteiger partial charge in [-0.05, 0) is 27.1 Å². The second-order valence-corrected chi connectivity index (χ2v) is 5.64. The van der Waals surface area contributed by atoms with E-state index in [1.165, 1.54) is 0 Å². The van der Waals surface area contributed by atoms with Crippen molar-refractivity contribution in [2.24, 2.45) is 0 Å². The monoisotopic (exact) mass is 285 g/mol. The van der Waals surface area contributed by atoms with Gasteiger partial charge in [-0.1, -0.05) is 18.2 Å². The summed E-state index contributed by atoms with van der Waals surface area (Å²) in [5, 5.41) is 31.5. The molecule has 1 aromatic carbocycles. The van der Waals surface area contributed by atoms with Crippen LogP contribution >= 0.6 is 0 Å². The molecule has 6 nitrogen and oxygen atoms in total. The molecule has 0 saturated heterocycles. The first-order chi connectivity index (χ1) is 9.93. The molecule has 1 atom stereocenters. The number of likely N-dealkylation sites (N-methyl/N-ethyl adjacent to an activating group) is 1. The molecule has 21 heavy (non-hydrogen) atoms. The number of benzene rings is 1. The Morgan fingerprint density at radius 3 is 2.71 bits per heavy atom. The number of aliphatic hydroxyl groups is 1. The van der Waals surface area contributed by atoms with Crippen molar-refractivity contribution < 1.29 is 5.11 Å². The van der Waals surface area contributed by atoms with Gasteiger partial charge in [0.1, 0.15) is 6.07 Å². The summed E-state index contributed by atoms with van der Waals surface area (Å²) in [6, 6.07) is 9.51. The molecule has 2 N–H and O–H groups in total. The van der Waals surface area contributed by atoms with Crippen molar-refractivity contribution in [3.63, 3.8) is 0 Å². The molecule has 2 rings (SSSR count). The summed E-state index contributed by atoms with van der Waals surface area (Å²) in [5.41, 5.74) is 0.642. The highest BCUT2D eigenvalue weighted by molar-refractivity contribution is 5.92. The standard InChI is InChI=1S/C15H19N5O/c1-15(21,10-20(2)3)9-17-14-11-6-4-5-7-12(11)18-19-13(14)8-16/h4-7,21H,9-10H2,1-3H3,(H,17,18). The van der Waals surface area contributed by atoms with E-state index >= 15 is 0 Å². The molecule has 0 bridgehead atoms. The van der Waals surface area contributed by atoms with Crippen molar-refractivity contribution in [1.29, 1.82) is 5.26 Å². The molecular formula is C15H19N5O. The molecule has 0 aliphatic rings. The molecule has 2 aromatic rings. The summed E-state index contributed by atoms with van der Waals surface area (Å²) in [5.74, 6) is 0. The van der Waals surface area contributed by atoms with Gasteiger partial charge in [-0.15, -0.1) is 10.2 Å². The fraction of sp³-hybridized carbons (Fsp3) is 0.400. The molecule has 0 aliphatic heterocycles. The maximum Gasteiger partial charge on any atom is 0.186 e. The smallest absolute Gasteiger partial charge is 0.186 e. The van der Waals surface area contributed by atoms with E-state index in [4.69, 9.17) is 0 Å². The third kappa shape index (κ3) is 3.66. The minimum atomic E-state index is -0.916. The Kier molecular flexibility index (Phi) is 4.36. The highest BCUT2D eigenvalue weighted by Crippen LogP contribution is 2.24. The summed E-state index contributed by atoms with van der Waals surface area (Å²) < 4.78 is 0. The lowest BCUT2D eigenvalue weighted by atomic mass is 10.1. The van der Waals surface area contributed by atoms with E-state index in [-0.39, 0.29) is 5.69 Å². The molecule has 0 fully saturated rings. The van der Waals surface area contributed by atoms with Crippen molar-refractivity contribution >= 4 is 16.6 Å². The number of aromatic nitrogens is 2. The van der Waals surface area contributed by atoms with E-state index in [1.54, 1.807) is 6.92 Å². The predicted molar refractivity (Wildman–Crippen MR) is 81.9 cm³/mol. The predicted octanol–water partition coefficient (Wildman–Crippen LogP) is 1.23. The first-order valence-corrected chi connectivity index (χ1v) is 6.69. The number of hydrogen-bond acceptors (Lipinski definition) is 6. The van der Waals surface area contributed by atoms with Gasteiger partial charge in [-0.25, -0.2) is 0 Å². The molecule has 110 valence electrons. The van der Waals surface area contributed by atoms with E-state index in [9.17, 15) is 10.4 Å². The van der Waals surface area contributed by atoms with E-state index in [0.717, 1.165) is 5.39 Å². The van der Waals surface area contributed by atoms with Crippen molar-refractivity contribution in [3.05, 3.63) is 30.0 Å². The van der Waals surface area contributed by atoms with Crippen molar-refractivity contribution in [2.45, 2.75) is 12.5 Å². The molecule has 1 aromatic heterocycles. The summed E-state index contributed by atoms with van der Waals surface area (Å²) >= 11 is 0. The lowest BCUT2D eigenvalue weighted by molar-refractivity contribution is 0.0460. The number of anilines is 1. The topological polar surface area (TPSA) is 85.1 Å². The van der Waals surface area contributed by atoms with Gasteiger partial charge < -0.3 is 15.3 Å². The Labute approximate surface area is 124 Å². The van der Waals surface area contributed by atoms with Crippen LogP contribution in [0.3, 0.4) is 0 Å². The number of hydrogen-bond donors (Lipinski definition) is 2. The highest BCUT2D eigenvalue weighted by Gasteiger charge is 2.22. The van der Waals surface area contributed by atoms with E-state index in [0.29, 0.717) is 24.3 Å². The van der Waals surface area contributed by atoms with Gasteiger partial charge in [0, 0.05) is 18.5 Å². The van der Waals surface area contributed by atoms with Crippen LogP contribution in [-0.2, 0) is 0 Å².